The average Bonchev–Trinajstić information content (AvgIpc) is 2.85. The summed E-state index contributed by atoms with van der Waals surface area (Å²) in [6, 6.07) is 0. The normalized spacial score (nSPS) is 15.7. The second-order valence-corrected chi connectivity index (χ2v) is 6.14. The van der Waals surface area contributed by atoms with E-state index in [9.17, 15) is 4.79 Å². The molecule has 19 heavy (non-hydrogen) atoms. The number of carbonyl (C=O) groups excluding carboxylic acids is 1. The number of carbonyl (C=O) groups is 1. The van der Waals surface area contributed by atoms with Gasteiger partial charge in [0.2, 0.25) is 5.91 Å². The molecule has 5 heteroatoms. The van der Waals surface area contributed by atoms with E-state index in [1.165, 1.54) is 0 Å². The summed E-state index contributed by atoms with van der Waals surface area (Å²) in [6.07, 6.45) is 8.66. The molecule has 0 N–H and O–H groups in total. The number of hydrogen-bond donors (Lipinski definition) is 0. The Morgan fingerprint density at radius 3 is 2.84 bits per heavy atom. The fraction of sp³-hybridized carbons (Fsp3) is 0.714. The third-order valence-corrected chi connectivity index (χ3v) is 4.45. The van der Waals surface area contributed by atoms with Crippen molar-refractivity contribution < 1.29 is 4.79 Å². The highest BCUT2D eigenvalue weighted by Crippen LogP contribution is 2.12. The van der Waals surface area contributed by atoms with Crippen LogP contribution in [0.2, 0.25) is 0 Å². The molecule has 0 spiro atoms. The number of amides is 1. The van der Waals surface area contributed by atoms with Gasteiger partial charge in [-0.15, -0.1) is 0 Å². The van der Waals surface area contributed by atoms with Crippen molar-refractivity contribution in [1.82, 2.24) is 14.5 Å². The highest BCUT2D eigenvalue weighted by atomic mass is 32.2. The first-order valence-electron chi connectivity index (χ1n) is 7.03. The molecule has 2 heterocycles. The molecule has 1 aromatic heterocycles. The number of rotatable bonds is 6. The quantitative estimate of drug-likeness (QED) is 0.749. The Balaban J connectivity index is 1.56. The molecule has 1 radical (unpaired) electrons. The Labute approximate surface area is 119 Å². The Bertz CT molecular complexity index is 399. The standard InChI is InChI=1S/C14H22N3OS/c1-13-15-6-8-16(13)7-4-2-3-5-14(18)17-9-11-19-12-10-17/h8H,2-5,7,9-12H2,1H3. The molecule has 1 aliphatic heterocycles. The lowest BCUT2D eigenvalue weighted by molar-refractivity contribution is -0.130. The Morgan fingerprint density at radius 1 is 1.37 bits per heavy atom. The van der Waals surface area contributed by atoms with E-state index in [1.54, 1.807) is 0 Å². The van der Waals surface area contributed by atoms with E-state index in [2.05, 4.69) is 15.7 Å². The van der Waals surface area contributed by atoms with Gasteiger partial charge in [0.1, 0.15) is 12.0 Å². The van der Waals surface area contributed by atoms with Crippen molar-refractivity contribution in [3.05, 3.63) is 18.2 Å². The van der Waals surface area contributed by atoms with Crippen molar-refractivity contribution in [2.24, 2.45) is 0 Å². The van der Waals surface area contributed by atoms with Crippen molar-refractivity contribution in [2.75, 3.05) is 24.6 Å². The van der Waals surface area contributed by atoms with Gasteiger partial charge in [-0.1, -0.05) is 6.42 Å². The van der Waals surface area contributed by atoms with Crippen LogP contribution in [0.4, 0.5) is 0 Å². The number of imidazole rings is 1. The van der Waals surface area contributed by atoms with Crippen LogP contribution in [-0.2, 0) is 11.3 Å². The van der Waals surface area contributed by atoms with Gasteiger partial charge in [0.15, 0.2) is 0 Å². The number of aryl methyl sites for hydroxylation is 2. The molecule has 0 aromatic carbocycles. The first-order chi connectivity index (χ1) is 9.27. The van der Waals surface area contributed by atoms with Gasteiger partial charge in [0.05, 0.1) is 0 Å². The summed E-state index contributed by atoms with van der Waals surface area (Å²) in [7, 11) is 0. The van der Waals surface area contributed by atoms with Crippen LogP contribution in [-0.4, -0.2) is 45.0 Å². The van der Waals surface area contributed by atoms with Gasteiger partial charge < -0.3 is 9.47 Å². The van der Waals surface area contributed by atoms with E-state index >= 15 is 0 Å². The monoisotopic (exact) mass is 280 g/mol. The lowest BCUT2D eigenvalue weighted by atomic mass is 10.1. The van der Waals surface area contributed by atoms with Crippen LogP contribution in [0.1, 0.15) is 31.5 Å². The Hall–Kier alpha value is -0.970. The lowest BCUT2D eigenvalue weighted by Gasteiger charge is -2.26. The van der Waals surface area contributed by atoms with Crippen LogP contribution in [0.25, 0.3) is 0 Å². The third kappa shape index (κ3) is 4.56. The van der Waals surface area contributed by atoms with Crippen LogP contribution in [0.5, 0.6) is 0 Å². The maximum atomic E-state index is 11.9. The minimum absolute atomic E-state index is 0.340. The molecule has 0 unspecified atom stereocenters. The van der Waals surface area contributed by atoms with Crippen molar-refractivity contribution in [3.8, 4) is 0 Å². The predicted octanol–water partition coefficient (Wildman–Crippen LogP) is 2.13. The smallest absolute Gasteiger partial charge is 0.222 e. The van der Waals surface area contributed by atoms with Crippen LogP contribution < -0.4 is 0 Å². The summed E-state index contributed by atoms with van der Waals surface area (Å²) in [6.45, 7) is 4.85. The molecule has 1 aliphatic rings. The number of aromatic nitrogens is 2. The van der Waals surface area contributed by atoms with Gasteiger partial charge >= 0.3 is 0 Å². The van der Waals surface area contributed by atoms with Crippen LogP contribution in [0, 0.1) is 13.1 Å². The molecule has 1 aromatic rings. The summed E-state index contributed by atoms with van der Waals surface area (Å²) in [5, 5.41) is 0. The minimum atomic E-state index is 0.340. The van der Waals surface area contributed by atoms with Crippen molar-refractivity contribution in [2.45, 2.75) is 39.2 Å². The zero-order valence-corrected chi connectivity index (χ0v) is 12.4. The number of nitrogens with zero attached hydrogens (tertiary/aromatic N) is 3. The summed E-state index contributed by atoms with van der Waals surface area (Å²) in [4.78, 5) is 18.0. The fourth-order valence-corrected chi connectivity index (χ4v) is 3.19. The van der Waals surface area contributed by atoms with Gasteiger partial charge in [-0.05, 0) is 19.8 Å². The zero-order chi connectivity index (χ0) is 13.5. The molecule has 0 atom stereocenters. The van der Waals surface area contributed by atoms with Gasteiger partial charge in [0, 0.05) is 43.8 Å². The van der Waals surface area contributed by atoms with Crippen molar-refractivity contribution in [3.63, 3.8) is 0 Å². The number of hydrogen-bond acceptors (Lipinski definition) is 3. The third-order valence-electron chi connectivity index (χ3n) is 3.51. The van der Waals surface area contributed by atoms with Crippen LogP contribution in [0.15, 0.2) is 6.20 Å². The van der Waals surface area contributed by atoms with Crippen molar-refractivity contribution >= 4 is 17.7 Å². The Morgan fingerprint density at radius 2 is 2.16 bits per heavy atom. The zero-order valence-electron chi connectivity index (χ0n) is 11.6. The van der Waals surface area contributed by atoms with E-state index in [1.807, 2.05) is 29.8 Å². The average molecular weight is 280 g/mol. The summed E-state index contributed by atoms with van der Waals surface area (Å²) >= 11 is 1.94. The van der Waals surface area contributed by atoms with Gasteiger partial charge in [-0.25, -0.2) is 4.98 Å². The summed E-state index contributed by atoms with van der Waals surface area (Å²) in [5.41, 5.74) is 0. The van der Waals surface area contributed by atoms with Crippen molar-refractivity contribution in [1.29, 1.82) is 0 Å². The predicted molar refractivity (Wildman–Crippen MR) is 78.2 cm³/mol. The highest BCUT2D eigenvalue weighted by Gasteiger charge is 2.15. The molecule has 0 bridgehead atoms. The lowest BCUT2D eigenvalue weighted by Crippen LogP contribution is -2.37. The van der Waals surface area contributed by atoms with Gasteiger partial charge in [-0.3, -0.25) is 4.79 Å². The van der Waals surface area contributed by atoms with E-state index in [4.69, 9.17) is 0 Å². The van der Waals surface area contributed by atoms with E-state index in [-0.39, 0.29) is 0 Å². The molecule has 1 saturated heterocycles. The van der Waals surface area contributed by atoms with Gasteiger partial charge in [0.25, 0.3) is 0 Å². The number of unbranched alkanes of at least 4 members (excludes halogenated alkanes) is 2. The fourth-order valence-electron chi connectivity index (χ4n) is 2.28. The Kier molecular flexibility index (Phi) is 5.76. The minimum Gasteiger partial charge on any atom is -0.341 e. The SMILES string of the molecule is Cc1n[c]cn1CCCCCC(=O)N1CCSCC1. The molecule has 1 amide bonds. The molecule has 2 rings (SSSR count). The molecular formula is C14H22N3OS. The second kappa shape index (κ2) is 7.58. The van der Waals surface area contributed by atoms with Crippen LogP contribution >= 0.6 is 11.8 Å². The summed E-state index contributed by atoms with van der Waals surface area (Å²) in [5.74, 6) is 3.55. The number of thioether (sulfide) groups is 1. The van der Waals surface area contributed by atoms with E-state index < -0.39 is 0 Å². The maximum Gasteiger partial charge on any atom is 0.222 e. The van der Waals surface area contributed by atoms with Gasteiger partial charge in [-0.2, -0.15) is 11.8 Å². The molecular weight excluding hydrogens is 258 g/mol. The van der Waals surface area contributed by atoms with E-state index in [0.717, 1.165) is 56.2 Å². The molecule has 0 saturated carbocycles. The molecule has 0 aliphatic carbocycles. The molecule has 4 nitrogen and oxygen atoms in total. The molecule has 1 fully saturated rings. The topological polar surface area (TPSA) is 38.1 Å². The largest absolute Gasteiger partial charge is 0.341 e. The first-order valence-corrected chi connectivity index (χ1v) is 8.18. The van der Waals surface area contributed by atoms with Crippen LogP contribution in [0.3, 0.4) is 0 Å². The molecule has 105 valence electrons. The maximum absolute atomic E-state index is 11.9. The summed E-state index contributed by atoms with van der Waals surface area (Å²) < 4.78 is 2.11. The first kappa shape index (κ1) is 14.4. The highest BCUT2D eigenvalue weighted by molar-refractivity contribution is 7.99. The van der Waals surface area contributed by atoms with E-state index in [0.29, 0.717) is 12.3 Å². The second-order valence-electron chi connectivity index (χ2n) is 4.91.